The Morgan fingerprint density at radius 1 is 0.382 bits per heavy atom. The number of unbranched alkanes of at least 4 members (excludes halogenated alkanes) is 22. The van der Waals surface area contributed by atoms with Crippen LogP contribution in [-0.2, 0) is 42.2 Å². The molecule has 0 fully saturated rings. The van der Waals surface area contributed by atoms with Crippen LogP contribution in [0.1, 0.15) is 252 Å². The highest BCUT2D eigenvalue weighted by atomic mass is 31.2. The van der Waals surface area contributed by atoms with Crippen molar-refractivity contribution in [2.24, 2.45) is 0 Å². The number of rotatable bonds is 55. The van der Waals surface area contributed by atoms with E-state index in [1.807, 2.05) is 0 Å². The van der Waals surface area contributed by atoms with E-state index in [-0.39, 0.29) is 25.9 Å². The molecular formula is C64H109O11P. The average Bonchev–Trinajstić information content (AvgIpc) is 3.41. The number of allylic oxidation sites excluding steroid dienone is 16. The van der Waals surface area contributed by atoms with Crippen molar-refractivity contribution in [1.29, 1.82) is 0 Å². The van der Waals surface area contributed by atoms with Gasteiger partial charge >= 0.3 is 25.7 Å². The monoisotopic (exact) mass is 1080 g/mol. The Balaban J connectivity index is 4.81. The molecule has 76 heavy (non-hydrogen) atoms. The highest BCUT2D eigenvalue weighted by molar-refractivity contribution is 7.47. The van der Waals surface area contributed by atoms with E-state index in [0.717, 1.165) is 128 Å². The van der Waals surface area contributed by atoms with Gasteiger partial charge in [0.05, 0.1) is 19.8 Å². The van der Waals surface area contributed by atoms with Gasteiger partial charge in [-0.05, 0) is 122 Å². The third-order valence-corrected chi connectivity index (χ3v) is 13.4. The standard InChI is InChI=1S/C64H109O11P/c1-4-7-10-13-16-19-22-25-27-29-30-32-34-37-40-43-46-49-52-55-64(68)75-61(57-71-62(66)53-50-47-44-41-38-36-33-31-28-26-23-20-17-14-11-8-5-2)59-73-76(69,70)72-58-60(56-65)74-63(67)54-51-48-45-42-39-35-24-21-18-15-12-9-6-3/h7,10,16-17,19-21,24-28,30,32,37,40,60-61,65H,4-6,8-9,11-15,18,22-23,29,31,33-36,38-39,41-59H2,1-3H3,(H,69,70)/b10-7-,19-16-,20-17-,24-21-,27-25-,28-26-,32-30-,40-37-. The summed E-state index contributed by atoms with van der Waals surface area (Å²) in [6.07, 6.45) is 67.9. The number of carbonyl (C=O) groups is 3. The molecule has 436 valence electrons. The Hall–Kier alpha value is -3.60. The van der Waals surface area contributed by atoms with Crippen LogP contribution in [-0.4, -0.2) is 66.5 Å². The van der Waals surface area contributed by atoms with E-state index >= 15 is 0 Å². The molecule has 0 aliphatic rings. The van der Waals surface area contributed by atoms with Crippen LogP contribution in [0.15, 0.2) is 97.2 Å². The number of ether oxygens (including phenoxy) is 3. The van der Waals surface area contributed by atoms with Crippen LogP contribution in [0.5, 0.6) is 0 Å². The number of phosphoric ester groups is 1. The van der Waals surface area contributed by atoms with Gasteiger partial charge in [-0.15, -0.1) is 0 Å². The molecule has 0 saturated heterocycles. The van der Waals surface area contributed by atoms with Gasteiger partial charge in [0, 0.05) is 19.3 Å². The second-order valence-corrected chi connectivity index (χ2v) is 21.2. The predicted octanol–water partition coefficient (Wildman–Crippen LogP) is 18.0. The molecule has 0 heterocycles. The van der Waals surface area contributed by atoms with Crippen molar-refractivity contribution in [2.45, 2.75) is 264 Å². The minimum atomic E-state index is -4.77. The lowest BCUT2D eigenvalue weighted by Gasteiger charge is -2.21. The number of carbonyl (C=O) groups excluding carboxylic acids is 3. The lowest BCUT2D eigenvalue weighted by molar-refractivity contribution is -0.161. The van der Waals surface area contributed by atoms with Gasteiger partial charge in [0.2, 0.25) is 0 Å². The van der Waals surface area contributed by atoms with Crippen LogP contribution in [0.4, 0.5) is 0 Å². The lowest BCUT2D eigenvalue weighted by Crippen LogP contribution is -2.30. The third kappa shape index (κ3) is 55.2. The molecule has 3 unspecified atom stereocenters. The first-order valence-corrected chi connectivity index (χ1v) is 31.6. The smallest absolute Gasteiger partial charge is 0.462 e. The lowest BCUT2D eigenvalue weighted by atomic mass is 10.1. The van der Waals surface area contributed by atoms with Crippen LogP contribution >= 0.6 is 7.82 Å². The molecule has 11 nitrogen and oxygen atoms in total. The molecule has 3 atom stereocenters. The summed E-state index contributed by atoms with van der Waals surface area (Å²) in [6, 6.07) is 0. The van der Waals surface area contributed by atoms with E-state index in [1.165, 1.54) is 64.2 Å². The number of phosphoric acid groups is 1. The molecule has 0 radical (unpaired) electrons. The topological polar surface area (TPSA) is 155 Å². The summed E-state index contributed by atoms with van der Waals surface area (Å²) < 4.78 is 39.5. The van der Waals surface area contributed by atoms with Crippen molar-refractivity contribution >= 4 is 25.7 Å². The fraction of sp³-hybridized carbons (Fsp3) is 0.703. The van der Waals surface area contributed by atoms with Gasteiger partial charge in [-0.1, -0.05) is 208 Å². The molecule has 0 rings (SSSR count). The Morgan fingerprint density at radius 3 is 1.11 bits per heavy atom. The highest BCUT2D eigenvalue weighted by Gasteiger charge is 2.28. The number of hydrogen-bond acceptors (Lipinski definition) is 10. The second kappa shape index (κ2) is 57.6. The van der Waals surface area contributed by atoms with Crippen molar-refractivity contribution in [1.82, 2.24) is 0 Å². The minimum absolute atomic E-state index is 0.122. The normalized spacial score (nSPS) is 14.0. The predicted molar refractivity (Wildman–Crippen MR) is 316 cm³/mol. The van der Waals surface area contributed by atoms with Crippen LogP contribution < -0.4 is 0 Å². The van der Waals surface area contributed by atoms with Crippen molar-refractivity contribution in [2.75, 3.05) is 26.4 Å². The molecular weight excluding hydrogens is 976 g/mol. The highest BCUT2D eigenvalue weighted by Crippen LogP contribution is 2.43. The van der Waals surface area contributed by atoms with Gasteiger partial charge in [0.1, 0.15) is 12.7 Å². The zero-order chi connectivity index (χ0) is 55.5. The molecule has 0 saturated carbocycles. The Kier molecular flexibility index (Phi) is 54.8. The van der Waals surface area contributed by atoms with Crippen molar-refractivity contribution in [3.05, 3.63) is 97.2 Å². The fourth-order valence-corrected chi connectivity index (χ4v) is 8.66. The molecule has 0 amide bonds. The van der Waals surface area contributed by atoms with Crippen LogP contribution in [0, 0.1) is 0 Å². The van der Waals surface area contributed by atoms with E-state index in [4.69, 9.17) is 23.3 Å². The largest absolute Gasteiger partial charge is 0.472 e. The second-order valence-electron chi connectivity index (χ2n) is 19.8. The maximum absolute atomic E-state index is 12.9. The molecule has 0 aromatic heterocycles. The SMILES string of the molecule is CC/C=C\C/C=C\C/C=C\C/C=C\C/C=C\CCCCCC(=O)OC(COC(=O)CCCCCCCCC/C=C\C/C=C\CCCCC)COP(=O)(O)OCC(CO)OC(=O)CCCCCCC/C=C\CCCCCC. The molecule has 0 aromatic carbocycles. The fourth-order valence-electron chi connectivity index (χ4n) is 7.88. The maximum atomic E-state index is 12.9. The zero-order valence-electron chi connectivity index (χ0n) is 48.2. The number of hydrogen-bond donors (Lipinski definition) is 2. The summed E-state index contributed by atoms with van der Waals surface area (Å²) in [5, 5.41) is 9.82. The zero-order valence-corrected chi connectivity index (χ0v) is 49.1. The Labute approximate surface area is 463 Å². The Bertz CT molecular complexity index is 1640. The van der Waals surface area contributed by atoms with E-state index in [9.17, 15) is 28.9 Å². The summed E-state index contributed by atoms with van der Waals surface area (Å²) in [4.78, 5) is 48.6. The summed E-state index contributed by atoms with van der Waals surface area (Å²) in [5.74, 6) is -1.52. The van der Waals surface area contributed by atoms with Crippen LogP contribution in [0.3, 0.4) is 0 Å². The Morgan fingerprint density at radius 2 is 0.684 bits per heavy atom. The van der Waals surface area contributed by atoms with Gasteiger partial charge in [-0.25, -0.2) is 4.57 Å². The molecule has 2 N–H and O–H groups in total. The van der Waals surface area contributed by atoms with Crippen LogP contribution in [0.2, 0.25) is 0 Å². The molecule has 0 aromatic rings. The van der Waals surface area contributed by atoms with E-state index < -0.39 is 57.8 Å². The summed E-state index contributed by atoms with van der Waals surface area (Å²) in [6.45, 7) is 4.44. The first-order chi connectivity index (χ1) is 37.2. The molecule has 0 bridgehead atoms. The van der Waals surface area contributed by atoms with Gasteiger partial charge < -0.3 is 24.2 Å². The summed E-state index contributed by atoms with van der Waals surface area (Å²) >= 11 is 0. The van der Waals surface area contributed by atoms with E-state index in [1.54, 1.807) is 0 Å². The summed E-state index contributed by atoms with van der Waals surface area (Å²) in [7, 11) is -4.77. The van der Waals surface area contributed by atoms with Gasteiger partial charge in [0.15, 0.2) is 6.10 Å². The minimum Gasteiger partial charge on any atom is -0.462 e. The number of aliphatic hydroxyl groups is 1. The first kappa shape index (κ1) is 72.4. The van der Waals surface area contributed by atoms with Crippen molar-refractivity contribution in [3.63, 3.8) is 0 Å². The van der Waals surface area contributed by atoms with Gasteiger partial charge in [-0.3, -0.25) is 23.4 Å². The summed E-state index contributed by atoms with van der Waals surface area (Å²) in [5.41, 5.74) is 0. The first-order valence-electron chi connectivity index (χ1n) is 30.1. The molecule has 0 aliphatic carbocycles. The van der Waals surface area contributed by atoms with Crippen LogP contribution in [0.25, 0.3) is 0 Å². The van der Waals surface area contributed by atoms with E-state index in [0.29, 0.717) is 19.3 Å². The average molecular weight is 1090 g/mol. The molecule has 0 spiro atoms. The molecule has 0 aliphatic heterocycles. The van der Waals surface area contributed by atoms with Crippen molar-refractivity contribution < 1.29 is 52.2 Å². The van der Waals surface area contributed by atoms with E-state index in [2.05, 4.69) is 118 Å². The van der Waals surface area contributed by atoms with Gasteiger partial charge in [-0.2, -0.15) is 0 Å². The maximum Gasteiger partial charge on any atom is 0.472 e. The number of aliphatic hydroxyl groups excluding tert-OH is 1. The molecule has 12 heteroatoms. The number of esters is 3. The quantitative estimate of drug-likeness (QED) is 0.0197. The van der Waals surface area contributed by atoms with Crippen molar-refractivity contribution in [3.8, 4) is 0 Å². The van der Waals surface area contributed by atoms with Gasteiger partial charge in [0.25, 0.3) is 0 Å². The third-order valence-electron chi connectivity index (χ3n) is 12.5.